The Bertz CT molecular complexity index is 121. The first-order valence-corrected chi connectivity index (χ1v) is 5.65. The topological polar surface area (TPSA) is 21.3 Å². The minimum Gasteiger partial charge on any atom is -0.381 e. The van der Waals surface area contributed by atoms with E-state index in [-0.39, 0.29) is 0 Å². The van der Waals surface area contributed by atoms with Gasteiger partial charge in [0.25, 0.3) is 0 Å². The van der Waals surface area contributed by atoms with Crippen LogP contribution in [0.25, 0.3) is 0 Å². The average Bonchev–Trinajstić information content (AvgIpc) is 2.19. The second-order valence-corrected chi connectivity index (χ2v) is 4.05. The van der Waals surface area contributed by atoms with E-state index in [1.165, 1.54) is 32.2 Å². The summed E-state index contributed by atoms with van der Waals surface area (Å²) >= 11 is 0. The van der Waals surface area contributed by atoms with Gasteiger partial charge in [-0.1, -0.05) is 13.3 Å². The van der Waals surface area contributed by atoms with Crippen molar-refractivity contribution in [1.29, 1.82) is 0 Å². The van der Waals surface area contributed by atoms with Crippen molar-refractivity contribution in [1.82, 2.24) is 5.32 Å². The predicted molar refractivity (Wildman–Crippen MR) is 55.9 cm³/mol. The minimum absolute atomic E-state index is 0.676. The first-order chi connectivity index (χ1) is 6.34. The van der Waals surface area contributed by atoms with E-state index in [0.717, 1.165) is 19.1 Å². The van der Waals surface area contributed by atoms with Crippen LogP contribution in [0, 0.1) is 5.92 Å². The molecule has 1 aliphatic heterocycles. The number of hydrogen-bond acceptors (Lipinski definition) is 2. The molecule has 1 aliphatic rings. The molecule has 0 saturated carbocycles. The van der Waals surface area contributed by atoms with E-state index in [1.54, 1.807) is 0 Å². The lowest BCUT2D eigenvalue weighted by Gasteiger charge is -2.28. The molecule has 1 rings (SSSR count). The van der Waals surface area contributed by atoms with Crippen molar-refractivity contribution in [3.8, 4) is 0 Å². The first kappa shape index (κ1) is 11.0. The summed E-state index contributed by atoms with van der Waals surface area (Å²) in [4.78, 5) is 0. The number of ether oxygens (including phenoxy) is 1. The second kappa shape index (κ2) is 6.39. The molecule has 0 aromatic rings. The zero-order valence-corrected chi connectivity index (χ0v) is 9.01. The maximum atomic E-state index is 5.35. The Morgan fingerprint density at radius 1 is 1.38 bits per heavy atom. The third kappa shape index (κ3) is 4.10. The lowest BCUT2D eigenvalue weighted by Crippen LogP contribution is -2.37. The standard InChI is InChI=1S/C11H23NO/c1-3-4-7-12-10(2)11-5-8-13-9-6-11/h10-12H,3-9H2,1-2H3. The number of hydrogen-bond donors (Lipinski definition) is 1. The highest BCUT2D eigenvalue weighted by molar-refractivity contribution is 4.74. The fraction of sp³-hybridized carbons (Fsp3) is 1.00. The summed E-state index contributed by atoms with van der Waals surface area (Å²) in [5.74, 6) is 0.839. The van der Waals surface area contributed by atoms with Crippen LogP contribution in [0.15, 0.2) is 0 Å². The van der Waals surface area contributed by atoms with Crippen LogP contribution in [0.2, 0.25) is 0 Å². The minimum atomic E-state index is 0.676. The fourth-order valence-electron chi connectivity index (χ4n) is 1.89. The molecule has 2 heteroatoms. The molecule has 1 fully saturated rings. The van der Waals surface area contributed by atoms with Gasteiger partial charge in [-0.15, -0.1) is 0 Å². The summed E-state index contributed by atoms with van der Waals surface area (Å²) in [6, 6.07) is 0.676. The highest BCUT2D eigenvalue weighted by atomic mass is 16.5. The van der Waals surface area contributed by atoms with Gasteiger partial charge in [-0.25, -0.2) is 0 Å². The molecule has 78 valence electrons. The average molecular weight is 185 g/mol. The van der Waals surface area contributed by atoms with Crippen molar-refractivity contribution in [3.05, 3.63) is 0 Å². The molecule has 0 spiro atoms. The van der Waals surface area contributed by atoms with E-state index in [0.29, 0.717) is 6.04 Å². The van der Waals surface area contributed by atoms with Gasteiger partial charge in [-0.05, 0) is 38.6 Å². The quantitative estimate of drug-likeness (QED) is 0.663. The van der Waals surface area contributed by atoms with Gasteiger partial charge >= 0.3 is 0 Å². The molecule has 0 aromatic heterocycles. The van der Waals surface area contributed by atoms with Crippen LogP contribution in [0.3, 0.4) is 0 Å². The van der Waals surface area contributed by atoms with Gasteiger partial charge in [0, 0.05) is 19.3 Å². The van der Waals surface area contributed by atoms with E-state index in [2.05, 4.69) is 19.2 Å². The summed E-state index contributed by atoms with van der Waals surface area (Å²) in [6.45, 7) is 7.65. The van der Waals surface area contributed by atoms with Crippen molar-refractivity contribution >= 4 is 0 Å². The van der Waals surface area contributed by atoms with Crippen LogP contribution >= 0.6 is 0 Å². The van der Waals surface area contributed by atoms with Gasteiger partial charge in [0.2, 0.25) is 0 Å². The first-order valence-electron chi connectivity index (χ1n) is 5.65. The summed E-state index contributed by atoms with van der Waals surface area (Å²) in [7, 11) is 0. The maximum absolute atomic E-state index is 5.35. The van der Waals surface area contributed by atoms with Crippen LogP contribution in [0.1, 0.15) is 39.5 Å². The highest BCUT2D eigenvalue weighted by Crippen LogP contribution is 2.18. The Labute approximate surface area is 82.0 Å². The maximum Gasteiger partial charge on any atom is 0.0469 e. The molecule has 13 heavy (non-hydrogen) atoms. The molecule has 0 radical (unpaired) electrons. The molecule has 1 N–H and O–H groups in total. The summed E-state index contributed by atoms with van der Waals surface area (Å²) in [6.07, 6.45) is 5.06. The third-order valence-electron chi connectivity index (χ3n) is 2.97. The van der Waals surface area contributed by atoms with Crippen molar-refractivity contribution in [2.24, 2.45) is 5.92 Å². The third-order valence-corrected chi connectivity index (χ3v) is 2.97. The Kier molecular flexibility index (Phi) is 5.40. The van der Waals surface area contributed by atoms with Crippen molar-refractivity contribution in [3.63, 3.8) is 0 Å². The zero-order valence-electron chi connectivity index (χ0n) is 9.01. The molecule has 2 nitrogen and oxygen atoms in total. The number of nitrogens with one attached hydrogen (secondary N) is 1. The molecular formula is C11H23NO. The van der Waals surface area contributed by atoms with Gasteiger partial charge in [-0.2, -0.15) is 0 Å². The number of unbranched alkanes of at least 4 members (excludes halogenated alkanes) is 1. The summed E-state index contributed by atoms with van der Waals surface area (Å²) < 4.78 is 5.35. The molecule has 0 bridgehead atoms. The summed E-state index contributed by atoms with van der Waals surface area (Å²) in [5.41, 5.74) is 0. The second-order valence-electron chi connectivity index (χ2n) is 4.05. The van der Waals surface area contributed by atoms with Gasteiger partial charge < -0.3 is 10.1 Å². The zero-order chi connectivity index (χ0) is 9.52. The van der Waals surface area contributed by atoms with E-state index in [9.17, 15) is 0 Å². The monoisotopic (exact) mass is 185 g/mol. The van der Waals surface area contributed by atoms with E-state index < -0.39 is 0 Å². The van der Waals surface area contributed by atoms with Gasteiger partial charge in [0.15, 0.2) is 0 Å². The van der Waals surface area contributed by atoms with Crippen LogP contribution < -0.4 is 5.32 Å². The van der Waals surface area contributed by atoms with Crippen molar-refractivity contribution in [2.45, 2.75) is 45.6 Å². The molecule has 0 aliphatic carbocycles. The Morgan fingerprint density at radius 2 is 2.08 bits per heavy atom. The fourth-order valence-corrected chi connectivity index (χ4v) is 1.89. The van der Waals surface area contributed by atoms with Gasteiger partial charge in [0.05, 0.1) is 0 Å². The predicted octanol–water partition coefficient (Wildman–Crippen LogP) is 2.19. The number of rotatable bonds is 5. The van der Waals surface area contributed by atoms with Crippen LogP contribution in [0.4, 0.5) is 0 Å². The molecule has 1 atom stereocenters. The van der Waals surface area contributed by atoms with Crippen molar-refractivity contribution in [2.75, 3.05) is 19.8 Å². The Morgan fingerprint density at radius 3 is 2.69 bits per heavy atom. The lowest BCUT2D eigenvalue weighted by atomic mass is 9.93. The van der Waals surface area contributed by atoms with Crippen molar-refractivity contribution < 1.29 is 4.74 Å². The SMILES string of the molecule is CCCCNC(C)C1CCOCC1. The summed E-state index contributed by atoms with van der Waals surface area (Å²) in [5, 5.41) is 3.60. The smallest absolute Gasteiger partial charge is 0.0469 e. The Balaban J connectivity index is 2.09. The lowest BCUT2D eigenvalue weighted by molar-refractivity contribution is 0.0560. The normalized spacial score (nSPS) is 21.7. The van der Waals surface area contributed by atoms with Crippen LogP contribution in [-0.4, -0.2) is 25.8 Å². The molecule has 1 heterocycles. The van der Waals surface area contributed by atoms with Crippen LogP contribution in [0.5, 0.6) is 0 Å². The van der Waals surface area contributed by atoms with Gasteiger partial charge in [-0.3, -0.25) is 0 Å². The molecule has 1 saturated heterocycles. The largest absolute Gasteiger partial charge is 0.381 e. The van der Waals surface area contributed by atoms with E-state index in [1.807, 2.05) is 0 Å². The molecule has 1 unspecified atom stereocenters. The van der Waals surface area contributed by atoms with E-state index >= 15 is 0 Å². The van der Waals surface area contributed by atoms with Crippen LogP contribution in [-0.2, 0) is 4.74 Å². The highest BCUT2D eigenvalue weighted by Gasteiger charge is 2.19. The van der Waals surface area contributed by atoms with Gasteiger partial charge in [0.1, 0.15) is 0 Å². The molecule has 0 aromatic carbocycles. The van der Waals surface area contributed by atoms with E-state index in [4.69, 9.17) is 4.74 Å². The molecule has 0 amide bonds. The Hall–Kier alpha value is -0.0800. The molecular weight excluding hydrogens is 162 g/mol.